The van der Waals surface area contributed by atoms with Gasteiger partial charge >= 0.3 is 0 Å². The number of carbonyl (C=O) groups is 1. The van der Waals surface area contributed by atoms with E-state index >= 15 is 0 Å². The number of methoxy groups -OCH3 is 1. The van der Waals surface area contributed by atoms with Crippen LogP contribution in [0.15, 0.2) is 18.3 Å². The van der Waals surface area contributed by atoms with Crippen molar-refractivity contribution in [2.45, 2.75) is 20.3 Å². The lowest BCUT2D eigenvalue weighted by atomic mass is 9.99. The fourth-order valence-corrected chi connectivity index (χ4v) is 2.00. The summed E-state index contributed by atoms with van der Waals surface area (Å²) in [5, 5.41) is 0. The predicted octanol–water partition coefficient (Wildman–Crippen LogP) is 1.08. The minimum Gasteiger partial charge on any atom is -0.481 e. The fraction of sp³-hybridized carbons (Fsp3) is 0.571. The normalized spacial score (nSPS) is 12.0. The van der Waals surface area contributed by atoms with E-state index in [0.29, 0.717) is 31.9 Å². The van der Waals surface area contributed by atoms with Crippen LogP contribution in [0.1, 0.15) is 19.4 Å². The first-order valence-corrected chi connectivity index (χ1v) is 6.63. The summed E-state index contributed by atoms with van der Waals surface area (Å²) in [6.07, 6.45) is 2.35. The van der Waals surface area contributed by atoms with Crippen LogP contribution in [-0.4, -0.2) is 42.5 Å². The van der Waals surface area contributed by atoms with E-state index in [4.69, 9.17) is 10.5 Å². The number of nitrogens with two attached hydrogens (primary N) is 1. The van der Waals surface area contributed by atoms with Crippen molar-refractivity contribution in [3.8, 4) is 5.88 Å². The lowest BCUT2D eigenvalue weighted by Crippen LogP contribution is -2.39. The van der Waals surface area contributed by atoms with Crippen molar-refractivity contribution in [2.75, 3.05) is 26.7 Å². The predicted molar refractivity (Wildman–Crippen MR) is 75.0 cm³/mol. The van der Waals surface area contributed by atoms with Gasteiger partial charge in [0.25, 0.3) is 0 Å². The summed E-state index contributed by atoms with van der Waals surface area (Å²) >= 11 is 0. The van der Waals surface area contributed by atoms with Crippen molar-refractivity contribution in [1.29, 1.82) is 0 Å². The molecule has 0 saturated carbocycles. The summed E-state index contributed by atoms with van der Waals surface area (Å²) in [7, 11) is 1.58. The molecule has 1 heterocycles. The van der Waals surface area contributed by atoms with Crippen LogP contribution in [0.3, 0.4) is 0 Å². The molecule has 0 aromatic carbocycles. The Kier molecular flexibility index (Phi) is 6.29. The van der Waals surface area contributed by atoms with E-state index < -0.39 is 0 Å². The maximum atomic E-state index is 12.3. The standard InChI is InChI=1S/C14H23N3O2/c1-4-17(5-2)14(18)12(9-15)8-11-6-7-13(19-3)16-10-11/h6-7,10,12H,4-5,8-9,15H2,1-3H3. The van der Waals surface area contributed by atoms with Crippen molar-refractivity contribution in [3.05, 3.63) is 23.9 Å². The number of carbonyl (C=O) groups excluding carboxylic acids is 1. The van der Waals surface area contributed by atoms with Crippen LogP contribution in [0.5, 0.6) is 5.88 Å². The monoisotopic (exact) mass is 265 g/mol. The number of rotatable bonds is 7. The summed E-state index contributed by atoms with van der Waals surface area (Å²) in [6, 6.07) is 3.72. The molecule has 1 aromatic heterocycles. The first-order valence-electron chi connectivity index (χ1n) is 6.63. The molecule has 1 amide bonds. The maximum Gasteiger partial charge on any atom is 0.227 e. The van der Waals surface area contributed by atoms with Crippen LogP contribution in [0.25, 0.3) is 0 Å². The molecule has 0 aliphatic carbocycles. The number of aromatic nitrogens is 1. The highest BCUT2D eigenvalue weighted by atomic mass is 16.5. The molecule has 0 spiro atoms. The largest absolute Gasteiger partial charge is 0.481 e. The van der Waals surface area contributed by atoms with Crippen LogP contribution < -0.4 is 10.5 Å². The molecule has 5 nitrogen and oxygen atoms in total. The van der Waals surface area contributed by atoms with Gasteiger partial charge in [-0.25, -0.2) is 4.98 Å². The molecular formula is C14H23N3O2. The maximum absolute atomic E-state index is 12.3. The molecule has 0 saturated heterocycles. The molecule has 0 fully saturated rings. The van der Waals surface area contributed by atoms with Gasteiger partial charge in [-0.2, -0.15) is 0 Å². The average molecular weight is 265 g/mol. The molecule has 1 atom stereocenters. The summed E-state index contributed by atoms with van der Waals surface area (Å²) in [5.41, 5.74) is 6.73. The van der Waals surface area contributed by atoms with Crippen LogP contribution in [-0.2, 0) is 11.2 Å². The Morgan fingerprint density at radius 3 is 2.53 bits per heavy atom. The molecule has 5 heteroatoms. The van der Waals surface area contributed by atoms with E-state index in [1.807, 2.05) is 24.8 Å². The smallest absolute Gasteiger partial charge is 0.227 e. The number of amides is 1. The van der Waals surface area contributed by atoms with E-state index in [1.165, 1.54) is 0 Å². The van der Waals surface area contributed by atoms with Crippen LogP contribution in [0.4, 0.5) is 0 Å². The summed E-state index contributed by atoms with van der Waals surface area (Å²) < 4.78 is 5.01. The summed E-state index contributed by atoms with van der Waals surface area (Å²) in [5.74, 6) is 0.501. The molecule has 0 aliphatic heterocycles. The Hall–Kier alpha value is -1.62. The van der Waals surface area contributed by atoms with E-state index in [0.717, 1.165) is 5.56 Å². The third kappa shape index (κ3) is 4.21. The van der Waals surface area contributed by atoms with E-state index in [9.17, 15) is 4.79 Å². The highest BCUT2D eigenvalue weighted by Crippen LogP contribution is 2.13. The minimum atomic E-state index is -0.185. The Balaban J connectivity index is 2.72. The molecule has 0 aliphatic rings. The lowest BCUT2D eigenvalue weighted by Gasteiger charge is -2.24. The summed E-state index contributed by atoms with van der Waals surface area (Å²) in [6.45, 7) is 5.73. The third-order valence-corrected chi connectivity index (χ3v) is 3.20. The van der Waals surface area contributed by atoms with Gasteiger partial charge in [0.15, 0.2) is 0 Å². The molecule has 1 aromatic rings. The van der Waals surface area contributed by atoms with Gasteiger partial charge in [-0.05, 0) is 25.8 Å². The van der Waals surface area contributed by atoms with Gasteiger partial charge in [-0.3, -0.25) is 4.79 Å². The van der Waals surface area contributed by atoms with Crippen molar-refractivity contribution in [2.24, 2.45) is 11.7 Å². The number of hydrogen-bond donors (Lipinski definition) is 1. The Labute approximate surface area is 114 Å². The molecule has 0 radical (unpaired) electrons. The number of hydrogen-bond acceptors (Lipinski definition) is 4. The van der Waals surface area contributed by atoms with E-state index in [-0.39, 0.29) is 11.8 Å². The van der Waals surface area contributed by atoms with Crippen molar-refractivity contribution in [3.63, 3.8) is 0 Å². The molecular weight excluding hydrogens is 242 g/mol. The zero-order valence-electron chi connectivity index (χ0n) is 11.9. The number of ether oxygens (including phenoxy) is 1. The number of pyridine rings is 1. The van der Waals surface area contributed by atoms with E-state index in [1.54, 1.807) is 19.4 Å². The second kappa shape index (κ2) is 7.74. The van der Waals surface area contributed by atoms with Gasteiger partial charge in [0.2, 0.25) is 11.8 Å². The molecule has 106 valence electrons. The van der Waals surface area contributed by atoms with E-state index in [2.05, 4.69) is 4.98 Å². The Morgan fingerprint density at radius 1 is 1.42 bits per heavy atom. The average Bonchev–Trinajstić information content (AvgIpc) is 2.46. The van der Waals surface area contributed by atoms with Gasteiger partial charge in [0.1, 0.15) is 0 Å². The fourth-order valence-electron chi connectivity index (χ4n) is 2.00. The molecule has 1 rings (SSSR count). The van der Waals surface area contributed by atoms with Gasteiger partial charge in [0.05, 0.1) is 13.0 Å². The second-order valence-electron chi connectivity index (χ2n) is 4.36. The van der Waals surface area contributed by atoms with Crippen molar-refractivity contribution >= 4 is 5.91 Å². The lowest BCUT2D eigenvalue weighted by molar-refractivity contribution is -0.134. The zero-order valence-corrected chi connectivity index (χ0v) is 11.9. The molecule has 2 N–H and O–H groups in total. The van der Waals surface area contributed by atoms with Gasteiger partial charge in [-0.1, -0.05) is 6.07 Å². The Morgan fingerprint density at radius 2 is 2.11 bits per heavy atom. The second-order valence-corrected chi connectivity index (χ2v) is 4.36. The third-order valence-electron chi connectivity index (χ3n) is 3.20. The topological polar surface area (TPSA) is 68.5 Å². The van der Waals surface area contributed by atoms with Crippen LogP contribution >= 0.6 is 0 Å². The SMILES string of the molecule is CCN(CC)C(=O)C(CN)Cc1ccc(OC)nc1. The highest BCUT2D eigenvalue weighted by Gasteiger charge is 2.21. The zero-order chi connectivity index (χ0) is 14.3. The molecule has 19 heavy (non-hydrogen) atoms. The Bertz CT molecular complexity index is 388. The summed E-state index contributed by atoms with van der Waals surface area (Å²) in [4.78, 5) is 18.2. The minimum absolute atomic E-state index is 0.114. The van der Waals surface area contributed by atoms with Crippen molar-refractivity contribution < 1.29 is 9.53 Å². The first-order chi connectivity index (χ1) is 9.15. The first kappa shape index (κ1) is 15.4. The van der Waals surface area contributed by atoms with Crippen LogP contribution in [0.2, 0.25) is 0 Å². The highest BCUT2D eigenvalue weighted by molar-refractivity contribution is 5.79. The van der Waals surface area contributed by atoms with Gasteiger partial charge < -0.3 is 15.4 Å². The molecule has 1 unspecified atom stereocenters. The number of nitrogens with zero attached hydrogens (tertiary/aromatic N) is 2. The molecule has 0 bridgehead atoms. The van der Waals surface area contributed by atoms with Crippen molar-refractivity contribution in [1.82, 2.24) is 9.88 Å². The van der Waals surface area contributed by atoms with Gasteiger partial charge in [-0.15, -0.1) is 0 Å². The quantitative estimate of drug-likeness (QED) is 0.801. The van der Waals surface area contributed by atoms with Gasteiger partial charge in [0, 0.05) is 31.9 Å². The van der Waals surface area contributed by atoms with Crippen LogP contribution in [0, 0.1) is 5.92 Å².